The van der Waals surface area contributed by atoms with Crippen molar-refractivity contribution in [2.45, 2.75) is 6.54 Å². The van der Waals surface area contributed by atoms with Crippen LogP contribution in [-0.4, -0.2) is 17.4 Å². The van der Waals surface area contributed by atoms with Crippen LogP contribution in [-0.2, 0) is 16.2 Å². The van der Waals surface area contributed by atoms with Gasteiger partial charge in [-0.2, -0.15) is 5.48 Å². The molecule has 1 aromatic heterocycles. The lowest BCUT2D eigenvalue weighted by atomic mass is 10.5. The van der Waals surface area contributed by atoms with E-state index in [4.69, 9.17) is 5.73 Å². The van der Waals surface area contributed by atoms with Crippen molar-refractivity contribution in [2.75, 3.05) is 6.61 Å². The van der Waals surface area contributed by atoms with Crippen LogP contribution in [0, 0.1) is 10.1 Å². The molecular weight excluding hydrogens is 222 g/mol. The van der Waals surface area contributed by atoms with Crippen molar-refractivity contribution >= 4 is 22.2 Å². The Kier molecular flexibility index (Phi) is 4.16. The smallest absolute Gasteiger partial charge is 0.324 e. The Hall–Kier alpha value is -1.51. The third kappa shape index (κ3) is 4.02. The predicted molar refractivity (Wildman–Crippen MR) is 53.0 cm³/mol. The highest BCUT2D eigenvalue weighted by Crippen LogP contribution is 2.23. The summed E-state index contributed by atoms with van der Waals surface area (Å²) in [6, 6.07) is 3.03. The number of hydroxylamine groups is 1. The van der Waals surface area contributed by atoms with Crippen LogP contribution in [0.25, 0.3) is 0 Å². The quantitative estimate of drug-likeness (QED) is 0.412. The van der Waals surface area contributed by atoms with Crippen LogP contribution in [0.2, 0.25) is 0 Å². The molecule has 7 nitrogen and oxygen atoms in total. The highest BCUT2D eigenvalue weighted by atomic mass is 32.1. The number of carbonyl (C=O) groups is 1. The maximum Gasteiger partial charge on any atom is 0.324 e. The number of nitrogens with zero attached hydrogens (tertiary/aromatic N) is 1. The van der Waals surface area contributed by atoms with Crippen LogP contribution < -0.4 is 11.2 Å². The lowest BCUT2D eigenvalue weighted by molar-refractivity contribution is -0.380. The van der Waals surface area contributed by atoms with E-state index in [1.165, 1.54) is 6.07 Å². The van der Waals surface area contributed by atoms with Crippen molar-refractivity contribution < 1.29 is 14.6 Å². The summed E-state index contributed by atoms with van der Waals surface area (Å²) in [4.78, 5) is 25.6. The molecule has 0 aliphatic rings. The Labute approximate surface area is 88.9 Å². The standard InChI is InChI=1S/C7H9N3O4S/c8-6(11)4-14-9-3-5-1-2-7(15-5)10(12)13/h1-2,9H,3-4H2,(H2,8,11). The van der Waals surface area contributed by atoms with Crippen LogP contribution in [0.3, 0.4) is 0 Å². The van der Waals surface area contributed by atoms with Gasteiger partial charge in [-0.05, 0) is 6.07 Å². The van der Waals surface area contributed by atoms with Gasteiger partial charge in [0.2, 0.25) is 5.91 Å². The molecule has 1 amide bonds. The molecular formula is C7H9N3O4S. The number of thiophene rings is 1. The van der Waals surface area contributed by atoms with E-state index in [0.29, 0.717) is 6.54 Å². The van der Waals surface area contributed by atoms with E-state index in [1.807, 2.05) is 0 Å². The average Bonchev–Trinajstić information content (AvgIpc) is 2.60. The van der Waals surface area contributed by atoms with Gasteiger partial charge in [-0.1, -0.05) is 11.3 Å². The molecule has 0 unspecified atom stereocenters. The number of nitrogens with one attached hydrogen (secondary N) is 1. The second-order valence-electron chi connectivity index (χ2n) is 2.57. The number of nitro groups is 1. The minimum absolute atomic E-state index is 0.0710. The lowest BCUT2D eigenvalue weighted by Crippen LogP contribution is -2.24. The van der Waals surface area contributed by atoms with E-state index in [9.17, 15) is 14.9 Å². The van der Waals surface area contributed by atoms with Gasteiger partial charge in [0.15, 0.2) is 0 Å². The molecule has 0 aliphatic heterocycles. The van der Waals surface area contributed by atoms with Crippen molar-refractivity contribution in [3.05, 3.63) is 27.1 Å². The fourth-order valence-electron chi connectivity index (χ4n) is 0.804. The van der Waals surface area contributed by atoms with Gasteiger partial charge in [0.1, 0.15) is 6.61 Å². The van der Waals surface area contributed by atoms with Crippen LogP contribution >= 0.6 is 11.3 Å². The molecule has 0 atom stereocenters. The summed E-state index contributed by atoms with van der Waals surface area (Å²) >= 11 is 1.04. The van der Waals surface area contributed by atoms with Crippen molar-refractivity contribution in [3.8, 4) is 0 Å². The largest absolute Gasteiger partial charge is 0.368 e. The number of nitrogens with two attached hydrogens (primary N) is 1. The van der Waals surface area contributed by atoms with Crippen LogP contribution in [0.1, 0.15) is 4.88 Å². The van der Waals surface area contributed by atoms with Crippen molar-refractivity contribution in [1.82, 2.24) is 5.48 Å². The summed E-state index contributed by atoms with van der Waals surface area (Å²) in [6.45, 7) is 0.0687. The summed E-state index contributed by atoms with van der Waals surface area (Å²) < 4.78 is 0. The first kappa shape index (κ1) is 11.6. The highest BCUT2D eigenvalue weighted by molar-refractivity contribution is 7.15. The van der Waals surface area contributed by atoms with E-state index in [2.05, 4.69) is 10.3 Å². The Balaban J connectivity index is 2.31. The summed E-state index contributed by atoms with van der Waals surface area (Å²) in [5, 5.41) is 10.4. The van der Waals surface area contributed by atoms with Crippen molar-refractivity contribution in [3.63, 3.8) is 0 Å². The number of primary amides is 1. The monoisotopic (exact) mass is 231 g/mol. The number of hydrogen-bond donors (Lipinski definition) is 2. The third-order valence-corrected chi connectivity index (χ3v) is 2.43. The zero-order chi connectivity index (χ0) is 11.3. The minimum Gasteiger partial charge on any atom is -0.368 e. The Morgan fingerprint density at radius 1 is 1.67 bits per heavy atom. The van der Waals surface area contributed by atoms with Crippen molar-refractivity contribution in [1.29, 1.82) is 0 Å². The number of rotatable bonds is 6. The molecule has 8 heteroatoms. The van der Waals surface area contributed by atoms with Gasteiger partial charge in [-0.25, -0.2) is 0 Å². The second-order valence-corrected chi connectivity index (χ2v) is 3.72. The Bertz CT molecular complexity index is 365. The van der Waals surface area contributed by atoms with Gasteiger partial charge in [-0.3, -0.25) is 19.7 Å². The molecule has 0 saturated carbocycles. The first-order valence-corrected chi connectivity index (χ1v) is 4.77. The molecule has 1 heterocycles. The van der Waals surface area contributed by atoms with Gasteiger partial charge in [0.25, 0.3) is 0 Å². The normalized spacial score (nSPS) is 10.1. The molecule has 82 valence electrons. The Morgan fingerprint density at radius 2 is 2.40 bits per heavy atom. The van der Waals surface area contributed by atoms with E-state index in [0.717, 1.165) is 16.2 Å². The van der Waals surface area contributed by atoms with Gasteiger partial charge in [0.05, 0.1) is 11.5 Å². The van der Waals surface area contributed by atoms with E-state index in [-0.39, 0.29) is 11.6 Å². The second kappa shape index (κ2) is 5.39. The molecule has 0 fully saturated rings. The molecule has 0 aliphatic carbocycles. The predicted octanol–water partition coefficient (Wildman–Crippen LogP) is 0.163. The van der Waals surface area contributed by atoms with E-state index >= 15 is 0 Å². The maximum atomic E-state index is 10.3. The zero-order valence-electron chi connectivity index (χ0n) is 7.63. The summed E-state index contributed by atoms with van der Waals surface area (Å²) in [5.41, 5.74) is 7.30. The van der Waals surface area contributed by atoms with E-state index in [1.54, 1.807) is 6.07 Å². The number of amides is 1. The van der Waals surface area contributed by atoms with Crippen LogP contribution in [0.5, 0.6) is 0 Å². The molecule has 0 spiro atoms. The van der Waals surface area contributed by atoms with Crippen LogP contribution in [0.15, 0.2) is 12.1 Å². The molecule has 0 aromatic carbocycles. The molecule has 1 rings (SSSR count). The molecule has 0 radical (unpaired) electrons. The molecule has 0 bridgehead atoms. The molecule has 3 N–H and O–H groups in total. The summed E-state index contributed by atoms with van der Waals surface area (Å²) in [5.74, 6) is -0.584. The molecule has 0 saturated heterocycles. The fourth-order valence-corrected chi connectivity index (χ4v) is 1.55. The summed E-state index contributed by atoms with van der Waals surface area (Å²) in [6.07, 6.45) is 0. The molecule has 1 aromatic rings. The first-order chi connectivity index (χ1) is 7.09. The zero-order valence-corrected chi connectivity index (χ0v) is 8.45. The molecule has 15 heavy (non-hydrogen) atoms. The topological polar surface area (TPSA) is 107 Å². The van der Waals surface area contributed by atoms with Gasteiger partial charge in [-0.15, -0.1) is 0 Å². The minimum atomic E-state index is -0.584. The van der Waals surface area contributed by atoms with E-state index < -0.39 is 10.8 Å². The first-order valence-electron chi connectivity index (χ1n) is 3.95. The number of hydrogen-bond acceptors (Lipinski definition) is 6. The van der Waals surface area contributed by atoms with Gasteiger partial charge < -0.3 is 5.73 Å². The third-order valence-electron chi connectivity index (χ3n) is 1.39. The SMILES string of the molecule is NC(=O)CONCc1ccc([N+](=O)[O-])s1. The van der Waals surface area contributed by atoms with Crippen molar-refractivity contribution in [2.24, 2.45) is 5.73 Å². The Morgan fingerprint density at radius 3 is 2.93 bits per heavy atom. The fraction of sp³-hybridized carbons (Fsp3) is 0.286. The maximum absolute atomic E-state index is 10.3. The van der Waals surface area contributed by atoms with Gasteiger partial charge >= 0.3 is 5.00 Å². The average molecular weight is 231 g/mol. The number of carbonyl (C=O) groups excluding carboxylic acids is 1. The highest BCUT2D eigenvalue weighted by Gasteiger charge is 2.09. The van der Waals surface area contributed by atoms with Crippen LogP contribution in [0.4, 0.5) is 5.00 Å². The lowest BCUT2D eigenvalue weighted by Gasteiger charge is -2.00. The summed E-state index contributed by atoms with van der Waals surface area (Å²) in [7, 11) is 0. The van der Waals surface area contributed by atoms with Gasteiger partial charge in [0, 0.05) is 10.9 Å².